The van der Waals surface area contributed by atoms with Crippen molar-refractivity contribution in [2.24, 2.45) is 5.92 Å². The Morgan fingerprint density at radius 3 is 2.78 bits per heavy atom. The van der Waals surface area contributed by atoms with Crippen molar-refractivity contribution in [2.75, 3.05) is 5.33 Å². The van der Waals surface area contributed by atoms with Gasteiger partial charge in [-0.1, -0.05) is 28.1 Å². The van der Waals surface area contributed by atoms with Crippen LogP contribution in [0.3, 0.4) is 0 Å². The lowest BCUT2D eigenvalue weighted by Gasteiger charge is -1.94. The SMILES string of the molecule is CC(C=CCBr)C(=O)O. The van der Waals surface area contributed by atoms with E-state index in [0.717, 1.165) is 0 Å². The maximum atomic E-state index is 10.1. The van der Waals surface area contributed by atoms with E-state index in [2.05, 4.69) is 15.9 Å². The zero-order valence-electron chi connectivity index (χ0n) is 5.17. The highest BCUT2D eigenvalue weighted by Crippen LogP contribution is 1.96. The fourth-order valence-electron chi connectivity index (χ4n) is 0.338. The largest absolute Gasteiger partial charge is 0.481 e. The zero-order valence-corrected chi connectivity index (χ0v) is 6.76. The predicted molar refractivity (Wildman–Crippen MR) is 39.7 cm³/mol. The molecule has 0 rings (SSSR count). The molecule has 0 bridgehead atoms. The minimum Gasteiger partial charge on any atom is -0.481 e. The molecule has 0 fully saturated rings. The predicted octanol–water partition coefficient (Wildman–Crippen LogP) is 1.66. The fraction of sp³-hybridized carbons (Fsp3) is 0.500. The lowest BCUT2D eigenvalue weighted by Crippen LogP contribution is -2.05. The molecular formula is C6H9BrO2. The number of rotatable bonds is 3. The van der Waals surface area contributed by atoms with Crippen LogP contribution in [0, 0.1) is 5.92 Å². The van der Waals surface area contributed by atoms with E-state index >= 15 is 0 Å². The van der Waals surface area contributed by atoms with Crippen LogP contribution in [-0.2, 0) is 4.79 Å². The van der Waals surface area contributed by atoms with Gasteiger partial charge in [0.15, 0.2) is 0 Å². The summed E-state index contributed by atoms with van der Waals surface area (Å²) in [6.45, 7) is 1.64. The number of halogens is 1. The van der Waals surface area contributed by atoms with Crippen LogP contribution < -0.4 is 0 Å². The maximum absolute atomic E-state index is 10.1. The normalized spacial score (nSPS) is 14.0. The van der Waals surface area contributed by atoms with Crippen LogP contribution in [0.2, 0.25) is 0 Å². The quantitative estimate of drug-likeness (QED) is 0.546. The molecule has 0 saturated carbocycles. The van der Waals surface area contributed by atoms with E-state index in [9.17, 15) is 4.79 Å². The average Bonchev–Trinajstić information content (AvgIpc) is 1.82. The van der Waals surface area contributed by atoms with Crippen LogP contribution in [0.15, 0.2) is 12.2 Å². The standard InChI is InChI=1S/C6H9BrO2/c1-5(6(8)9)3-2-4-7/h2-3,5H,4H2,1H3,(H,8,9). The summed E-state index contributed by atoms with van der Waals surface area (Å²) in [7, 11) is 0. The number of aliphatic carboxylic acids is 1. The van der Waals surface area contributed by atoms with Gasteiger partial charge < -0.3 is 5.11 Å². The van der Waals surface area contributed by atoms with E-state index in [4.69, 9.17) is 5.11 Å². The average molecular weight is 193 g/mol. The van der Waals surface area contributed by atoms with Gasteiger partial charge in [-0.3, -0.25) is 4.79 Å². The molecule has 0 aromatic heterocycles. The highest BCUT2D eigenvalue weighted by Gasteiger charge is 2.03. The van der Waals surface area contributed by atoms with E-state index in [-0.39, 0.29) is 5.92 Å². The van der Waals surface area contributed by atoms with Crippen molar-refractivity contribution >= 4 is 21.9 Å². The van der Waals surface area contributed by atoms with Crippen molar-refractivity contribution in [3.05, 3.63) is 12.2 Å². The summed E-state index contributed by atoms with van der Waals surface area (Å²) in [6, 6.07) is 0. The van der Waals surface area contributed by atoms with Crippen molar-refractivity contribution < 1.29 is 9.90 Å². The van der Waals surface area contributed by atoms with Crippen LogP contribution in [0.5, 0.6) is 0 Å². The third kappa shape index (κ3) is 4.21. The number of carboxylic acids is 1. The molecular weight excluding hydrogens is 184 g/mol. The Hall–Kier alpha value is -0.310. The Balaban J connectivity index is 3.62. The molecule has 9 heavy (non-hydrogen) atoms. The molecule has 0 aromatic rings. The molecule has 0 amide bonds. The molecule has 0 radical (unpaired) electrons. The zero-order chi connectivity index (χ0) is 7.28. The van der Waals surface area contributed by atoms with Crippen molar-refractivity contribution in [1.82, 2.24) is 0 Å². The molecule has 1 unspecified atom stereocenters. The van der Waals surface area contributed by atoms with Crippen LogP contribution in [-0.4, -0.2) is 16.4 Å². The molecule has 3 heteroatoms. The maximum Gasteiger partial charge on any atom is 0.310 e. The Kier molecular flexibility index (Phi) is 4.40. The second-order valence-corrected chi connectivity index (χ2v) is 2.36. The van der Waals surface area contributed by atoms with Gasteiger partial charge in [-0.2, -0.15) is 0 Å². The third-order valence-corrected chi connectivity index (χ3v) is 1.28. The monoisotopic (exact) mass is 192 g/mol. The van der Waals surface area contributed by atoms with Crippen molar-refractivity contribution in [2.45, 2.75) is 6.92 Å². The van der Waals surface area contributed by atoms with Gasteiger partial charge in [0.2, 0.25) is 0 Å². The number of carboxylic acid groups (broad SMARTS) is 1. The number of allylic oxidation sites excluding steroid dienone is 1. The molecule has 0 heterocycles. The van der Waals surface area contributed by atoms with Crippen molar-refractivity contribution in [3.63, 3.8) is 0 Å². The van der Waals surface area contributed by atoms with Gasteiger partial charge in [0.05, 0.1) is 5.92 Å². The van der Waals surface area contributed by atoms with Crippen molar-refractivity contribution in [3.8, 4) is 0 Å². The molecule has 1 atom stereocenters. The van der Waals surface area contributed by atoms with Crippen molar-refractivity contribution in [1.29, 1.82) is 0 Å². The van der Waals surface area contributed by atoms with Crippen LogP contribution >= 0.6 is 15.9 Å². The smallest absolute Gasteiger partial charge is 0.310 e. The number of alkyl halides is 1. The molecule has 0 aliphatic rings. The summed E-state index contributed by atoms with van der Waals surface area (Å²) in [5.41, 5.74) is 0. The Morgan fingerprint density at radius 1 is 1.89 bits per heavy atom. The number of hydrogen-bond donors (Lipinski definition) is 1. The van der Waals surface area contributed by atoms with E-state index in [1.54, 1.807) is 19.1 Å². The summed E-state index contributed by atoms with van der Waals surface area (Å²) >= 11 is 3.15. The fourth-order valence-corrected chi connectivity index (χ4v) is 0.554. The van der Waals surface area contributed by atoms with E-state index < -0.39 is 5.97 Å². The van der Waals surface area contributed by atoms with Gasteiger partial charge in [0.1, 0.15) is 0 Å². The van der Waals surface area contributed by atoms with E-state index in [1.165, 1.54) is 0 Å². The minimum absolute atomic E-state index is 0.373. The van der Waals surface area contributed by atoms with Gasteiger partial charge in [0, 0.05) is 5.33 Å². The first kappa shape index (κ1) is 8.69. The number of carbonyl (C=O) groups is 1. The highest BCUT2D eigenvalue weighted by molar-refractivity contribution is 9.09. The topological polar surface area (TPSA) is 37.3 Å². The minimum atomic E-state index is -0.785. The Bertz CT molecular complexity index is 120. The first-order valence-corrected chi connectivity index (χ1v) is 3.76. The molecule has 0 saturated heterocycles. The second-order valence-electron chi connectivity index (χ2n) is 1.71. The number of hydrogen-bond acceptors (Lipinski definition) is 1. The molecule has 0 aliphatic carbocycles. The van der Waals surface area contributed by atoms with Crippen LogP contribution in [0.1, 0.15) is 6.92 Å². The highest BCUT2D eigenvalue weighted by atomic mass is 79.9. The lowest BCUT2D eigenvalue weighted by molar-refractivity contribution is -0.139. The summed E-state index contributed by atoms with van der Waals surface area (Å²) in [4.78, 5) is 10.1. The van der Waals surface area contributed by atoms with Gasteiger partial charge >= 0.3 is 5.97 Å². The summed E-state index contributed by atoms with van der Waals surface area (Å²) in [5, 5.41) is 9.05. The first-order chi connectivity index (χ1) is 4.18. The van der Waals surface area contributed by atoms with Gasteiger partial charge in [-0.05, 0) is 6.92 Å². The van der Waals surface area contributed by atoms with Gasteiger partial charge in [0.25, 0.3) is 0 Å². The molecule has 0 aromatic carbocycles. The van der Waals surface area contributed by atoms with Gasteiger partial charge in [-0.15, -0.1) is 0 Å². The van der Waals surface area contributed by atoms with Crippen LogP contribution in [0.4, 0.5) is 0 Å². The van der Waals surface area contributed by atoms with E-state index in [0.29, 0.717) is 5.33 Å². The summed E-state index contributed by atoms with van der Waals surface area (Å²) in [6.07, 6.45) is 3.43. The molecule has 0 spiro atoms. The summed E-state index contributed by atoms with van der Waals surface area (Å²) in [5.74, 6) is -1.16. The molecule has 0 aliphatic heterocycles. The van der Waals surface area contributed by atoms with Gasteiger partial charge in [-0.25, -0.2) is 0 Å². The Morgan fingerprint density at radius 2 is 2.44 bits per heavy atom. The Labute approximate surface area is 62.7 Å². The molecule has 1 N–H and O–H groups in total. The van der Waals surface area contributed by atoms with E-state index in [1.807, 2.05) is 0 Å². The third-order valence-electron chi connectivity index (χ3n) is 0.903. The molecule has 2 nitrogen and oxygen atoms in total. The second kappa shape index (κ2) is 4.56. The summed E-state index contributed by atoms with van der Waals surface area (Å²) < 4.78 is 0. The lowest BCUT2D eigenvalue weighted by atomic mass is 10.2. The van der Waals surface area contributed by atoms with Crippen LogP contribution in [0.25, 0.3) is 0 Å². The first-order valence-electron chi connectivity index (χ1n) is 2.64. The molecule has 52 valence electrons.